The van der Waals surface area contributed by atoms with Crippen LogP contribution in [0.4, 0.5) is 24.5 Å². The number of nitrogens with zero attached hydrogens (tertiary/aromatic N) is 1. The summed E-state index contributed by atoms with van der Waals surface area (Å²) in [5, 5.41) is 5.77. The van der Waals surface area contributed by atoms with Gasteiger partial charge in [-0.15, -0.1) is 12.4 Å². The van der Waals surface area contributed by atoms with E-state index >= 15 is 0 Å². The quantitative estimate of drug-likeness (QED) is 0.730. The van der Waals surface area contributed by atoms with Crippen LogP contribution in [0.25, 0.3) is 0 Å². The van der Waals surface area contributed by atoms with Crippen molar-refractivity contribution in [2.24, 2.45) is 0 Å². The van der Waals surface area contributed by atoms with E-state index in [4.69, 9.17) is 0 Å². The van der Waals surface area contributed by atoms with Gasteiger partial charge in [-0.05, 0) is 36.2 Å². The normalized spacial score (nSPS) is 12.9. The van der Waals surface area contributed by atoms with Gasteiger partial charge in [-0.3, -0.25) is 9.69 Å². The Morgan fingerprint density at radius 3 is 2.64 bits per heavy atom. The van der Waals surface area contributed by atoms with Crippen LogP contribution in [-0.2, 0) is 23.9 Å². The predicted molar refractivity (Wildman–Crippen MR) is 107 cm³/mol. The summed E-state index contributed by atoms with van der Waals surface area (Å²) in [6, 6.07) is 11.1. The average Bonchev–Trinajstić information content (AvgIpc) is 3.10. The van der Waals surface area contributed by atoms with Gasteiger partial charge in [-0.25, -0.2) is 0 Å². The molecule has 0 unspecified atom stereocenters. The van der Waals surface area contributed by atoms with E-state index in [2.05, 4.69) is 16.7 Å². The van der Waals surface area contributed by atoms with Gasteiger partial charge in [0.2, 0.25) is 5.91 Å². The van der Waals surface area contributed by atoms with Gasteiger partial charge in [-0.2, -0.15) is 13.2 Å². The number of alkyl halides is 3. The summed E-state index contributed by atoms with van der Waals surface area (Å²) in [5.74, 6) is -0.464. The van der Waals surface area contributed by atoms with Crippen molar-refractivity contribution in [2.45, 2.75) is 26.1 Å². The third-order valence-corrected chi connectivity index (χ3v) is 4.65. The van der Waals surface area contributed by atoms with Crippen molar-refractivity contribution in [3.05, 3.63) is 59.2 Å². The molecule has 3 rings (SSSR count). The summed E-state index contributed by atoms with van der Waals surface area (Å²) in [5.41, 5.74) is 2.40. The number of nitrogens with one attached hydrogen (secondary N) is 2. The lowest BCUT2D eigenvalue weighted by molar-refractivity contribution is -0.137. The fourth-order valence-corrected chi connectivity index (χ4v) is 3.30. The van der Waals surface area contributed by atoms with Crippen molar-refractivity contribution in [3.8, 4) is 0 Å². The molecule has 8 heteroatoms. The second-order valence-corrected chi connectivity index (χ2v) is 6.52. The van der Waals surface area contributed by atoms with E-state index in [1.165, 1.54) is 23.8 Å². The number of carbonyl (C=O) groups excluding carboxylic acids is 1. The van der Waals surface area contributed by atoms with Crippen LogP contribution in [0, 0.1) is 0 Å². The summed E-state index contributed by atoms with van der Waals surface area (Å²) >= 11 is 0. The lowest BCUT2D eigenvalue weighted by Gasteiger charge is -2.22. The van der Waals surface area contributed by atoms with Gasteiger partial charge in [0, 0.05) is 18.8 Å². The number of fused-ring (bicyclic) bond motifs is 1. The summed E-state index contributed by atoms with van der Waals surface area (Å²) in [7, 11) is 0. The molecule has 0 fully saturated rings. The van der Waals surface area contributed by atoms with Crippen LogP contribution >= 0.6 is 12.4 Å². The van der Waals surface area contributed by atoms with Gasteiger partial charge >= 0.3 is 6.18 Å². The second kappa shape index (κ2) is 9.30. The zero-order chi connectivity index (χ0) is 19.4. The Labute approximate surface area is 168 Å². The van der Waals surface area contributed by atoms with E-state index in [0.29, 0.717) is 13.1 Å². The highest BCUT2D eigenvalue weighted by atomic mass is 35.5. The fourth-order valence-electron chi connectivity index (χ4n) is 3.30. The zero-order valence-corrected chi connectivity index (χ0v) is 16.3. The Bertz CT molecular complexity index is 827. The minimum atomic E-state index is -4.51. The van der Waals surface area contributed by atoms with E-state index in [1.54, 1.807) is 0 Å². The lowest BCUT2D eigenvalue weighted by atomic mass is 10.1. The molecule has 1 aliphatic rings. The van der Waals surface area contributed by atoms with Gasteiger partial charge in [0.1, 0.15) is 0 Å². The minimum Gasteiger partial charge on any atom is -0.384 e. The molecular formula is C20H23ClF3N3O. The molecular weight excluding hydrogens is 391 g/mol. The number of hydrogen-bond donors (Lipinski definition) is 2. The molecule has 0 spiro atoms. The third-order valence-electron chi connectivity index (χ3n) is 4.65. The third kappa shape index (κ3) is 5.17. The Balaban J connectivity index is 0.00000280. The molecule has 1 amide bonds. The second-order valence-electron chi connectivity index (χ2n) is 6.52. The van der Waals surface area contributed by atoms with E-state index in [1.807, 2.05) is 24.0 Å². The molecule has 0 aliphatic carbocycles. The van der Waals surface area contributed by atoms with Crippen molar-refractivity contribution >= 4 is 29.7 Å². The van der Waals surface area contributed by atoms with E-state index < -0.39 is 17.6 Å². The first-order valence-corrected chi connectivity index (χ1v) is 8.91. The number of halogens is 4. The molecule has 152 valence electrons. The topological polar surface area (TPSA) is 44.4 Å². The number of carbonyl (C=O) groups is 1. The van der Waals surface area contributed by atoms with E-state index in [9.17, 15) is 18.0 Å². The van der Waals surface area contributed by atoms with Crippen molar-refractivity contribution in [2.75, 3.05) is 30.3 Å². The van der Waals surface area contributed by atoms with Crippen molar-refractivity contribution in [3.63, 3.8) is 0 Å². The van der Waals surface area contributed by atoms with Crippen LogP contribution in [0.2, 0.25) is 0 Å². The van der Waals surface area contributed by atoms with Crippen molar-refractivity contribution in [1.29, 1.82) is 0 Å². The van der Waals surface area contributed by atoms with Crippen LogP contribution in [0.1, 0.15) is 23.6 Å². The number of benzene rings is 2. The first kappa shape index (κ1) is 22.0. The first-order chi connectivity index (χ1) is 12.9. The molecule has 1 heterocycles. The molecule has 4 nitrogen and oxygen atoms in total. The number of hydrogen-bond acceptors (Lipinski definition) is 3. The summed E-state index contributed by atoms with van der Waals surface area (Å²) < 4.78 is 39.2. The van der Waals surface area contributed by atoms with Gasteiger partial charge in [-0.1, -0.05) is 37.3 Å². The monoisotopic (exact) mass is 413 g/mol. The number of amides is 1. The molecule has 2 aromatic carbocycles. The molecule has 28 heavy (non-hydrogen) atoms. The Kier molecular flexibility index (Phi) is 7.32. The van der Waals surface area contributed by atoms with Crippen LogP contribution < -0.4 is 10.6 Å². The summed E-state index contributed by atoms with van der Waals surface area (Å²) in [6.07, 6.45) is -3.53. The van der Waals surface area contributed by atoms with Crippen LogP contribution in [0.3, 0.4) is 0 Å². The van der Waals surface area contributed by atoms with E-state index in [-0.39, 0.29) is 24.6 Å². The zero-order valence-electron chi connectivity index (χ0n) is 15.5. The molecule has 1 aliphatic heterocycles. The molecule has 0 aromatic heterocycles. The minimum absolute atomic E-state index is 0. The largest absolute Gasteiger partial charge is 0.418 e. The number of para-hydroxylation sites is 2. The highest BCUT2D eigenvalue weighted by molar-refractivity contribution is 5.93. The molecule has 0 saturated carbocycles. The standard InChI is InChI=1S/C20H22F3N3O.ClH/c1-2-26(12-15-7-5-6-14-10-11-24-19(14)15)13-18(27)25-17-9-4-3-8-16(17)20(21,22)23;/h3-9,24H,2,10-13H2,1H3,(H,25,27);1H. The van der Waals surface area contributed by atoms with Crippen LogP contribution in [0.15, 0.2) is 42.5 Å². The van der Waals surface area contributed by atoms with Crippen LogP contribution in [-0.4, -0.2) is 30.4 Å². The number of likely N-dealkylation sites (N-methyl/N-ethyl adjacent to an activating group) is 1. The lowest BCUT2D eigenvalue weighted by Crippen LogP contribution is -2.33. The van der Waals surface area contributed by atoms with E-state index in [0.717, 1.165) is 30.3 Å². The molecule has 2 N–H and O–H groups in total. The van der Waals surface area contributed by atoms with Gasteiger partial charge in [0.15, 0.2) is 0 Å². The van der Waals surface area contributed by atoms with Gasteiger partial charge < -0.3 is 10.6 Å². The number of rotatable bonds is 6. The van der Waals surface area contributed by atoms with Crippen LogP contribution in [0.5, 0.6) is 0 Å². The molecule has 2 aromatic rings. The van der Waals surface area contributed by atoms with Gasteiger partial charge in [0.25, 0.3) is 0 Å². The van der Waals surface area contributed by atoms with Crippen molar-refractivity contribution < 1.29 is 18.0 Å². The maximum absolute atomic E-state index is 13.1. The summed E-state index contributed by atoms with van der Waals surface area (Å²) in [6.45, 7) is 4.01. The summed E-state index contributed by atoms with van der Waals surface area (Å²) in [4.78, 5) is 14.3. The molecule has 0 bridgehead atoms. The maximum atomic E-state index is 13.1. The van der Waals surface area contributed by atoms with Crippen molar-refractivity contribution in [1.82, 2.24) is 4.90 Å². The van der Waals surface area contributed by atoms with Gasteiger partial charge in [0.05, 0.1) is 17.8 Å². The SMILES string of the molecule is CCN(CC(=O)Nc1ccccc1C(F)(F)F)Cc1cccc2c1NCC2.Cl. The molecule has 0 saturated heterocycles. The molecule has 0 atom stereocenters. The Hall–Kier alpha value is -2.25. The highest BCUT2D eigenvalue weighted by Crippen LogP contribution is 2.34. The Morgan fingerprint density at radius 2 is 1.93 bits per heavy atom. The Morgan fingerprint density at radius 1 is 1.18 bits per heavy atom. The highest BCUT2D eigenvalue weighted by Gasteiger charge is 2.33. The average molecular weight is 414 g/mol. The fraction of sp³-hybridized carbons (Fsp3) is 0.350. The predicted octanol–water partition coefficient (Wildman–Crippen LogP) is 4.56. The maximum Gasteiger partial charge on any atom is 0.418 e. The molecule has 0 radical (unpaired) electrons. The smallest absolute Gasteiger partial charge is 0.384 e. The first-order valence-electron chi connectivity index (χ1n) is 8.91. The number of anilines is 2.